The second kappa shape index (κ2) is 7.31. The molecular weight excluding hydrogens is 336 g/mol. The largest absolute Gasteiger partial charge is 0.392 e. The minimum Gasteiger partial charge on any atom is -0.392 e. The molecule has 2 aromatic carbocycles. The van der Waals surface area contributed by atoms with Crippen molar-refractivity contribution in [2.75, 3.05) is 0 Å². The SMILES string of the molecule is O=[N+]([O-])c1cc(Br)ccc1CNCc1cccc(CO)c1. The van der Waals surface area contributed by atoms with Crippen molar-refractivity contribution in [3.8, 4) is 0 Å². The highest BCUT2D eigenvalue weighted by Crippen LogP contribution is 2.23. The van der Waals surface area contributed by atoms with Crippen molar-refractivity contribution in [3.63, 3.8) is 0 Å². The molecule has 5 nitrogen and oxygen atoms in total. The van der Waals surface area contributed by atoms with Gasteiger partial charge in [-0.3, -0.25) is 10.1 Å². The van der Waals surface area contributed by atoms with E-state index in [1.54, 1.807) is 12.1 Å². The van der Waals surface area contributed by atoms with Crippen molar-refractivity contribution < 1.29 is 10.0 Å². The fourth-order valence-electron chi connectivity index (χ4n) is 2.04. The maximum absolute atomic E-state index is 11.0. The average molecular weight is 351 g/mol. The molecule has 0 aliphatic carbocycles. The summed E-state index contributed by atoms with van der Waals surface area (Å²) in [6.45, 7) is 1.00. The molecule has 0 aliphatic rings. The first-order valence-electron chi connectivity index (χ1n) is 6.42. The van der Waals surface area contributed by atoms with Gasteiger partial charge in [-0.1, -0.05) is 40.2 Å². The Morgan fingerprint density at radius 2 is 1.90 bits per heavy atom. The van der Waals surface area contributed by atoms with E-state index >= 15 is 0 Å². The molecule has 0 radical (unpaired) electrons. The maximum atomic E-state index is 11.0. The number of aliphatic hydroxyl groups excluding tert-OH is 1. The molecule has 2 aromatic rings. The summed E-state index contributed by atoms with van der Waals surface area (Å²) in [6.07, 6.45) is 0. The summed E-state index contributed by atoms with van der Waals surface area (Å²) in [6, 6.07) is 12.6. The van der Waals surface area contributed by atoms with Gasteiger partial charge in [0.05, 0.1) is 11.5 Å². The molecule has 0 saturated carbocycles. The van der Waals surface area contributed by atoms with Crippen molar-refractivity contribution in [2.24, 2.45) is 0 Å². The molecule has 0 unspecified atom stereocenters. The monoisotopic (exact) mass is 350 g/mol. The standard InChI is InChI=1S/C15H15BrN2O3/c16-14-5-4-13(15(7-14)18(20)21)9-17-8-11-2-1-3-12(6-11)10-19/h1-7,17,19H,8-10H2. The first-order valence-corrected chi connectivity index (χ1v) is 7.21. The van der Waals surface area contributed by atoms with E-state index in [-0.39, 0.29) is 17.2 Å². The molecule has 0 heterocycles. The minimum absolute atomic E-state index is 0.00598. The van der Waals surface area contributed by atoms with Crippen molar-refractivity contribution in [2.45, 2.75) is 19.7 Å². The summed E-state index contributed by atoms with van der Waals surface area (Å²) in [5.41, 5.74) is 2.62. The van der Waals surface area contributed by atoms with Crippen LogP contribution in [-0.2, 0) is 19.7 Å². The van der Waals surface area contributed by atoms with Gasteiger partial charge in [0.15, 0.2) is 0 Å². The Morgan fingerprint density at radius 3 is 2.62 bits per heavy atom. The molecule has 110 valence electrons. The number of rotatable bonds is 6. The molecule has 0 bridgehead atoms. The van der Waals surface area contributed by atoms with Gasteiger partial charge in [0.2, 0.25) is 0 Å². The number of nitrogens with zero attached hydrogens (tertiary/aromatic N) is 1. The van der Waals surface area contributed by atoms with Gasteiger partial charge in [-0.15, -0.1) is 0 Å². The predicted octanol–water partition coefficient (Wildman–Crippen LogP) is 3.14. The van der Waals surface area contributed by atoms with Crippen LogP contribution in [-0.4, -0.2) is 10.0 Å². The van der Waals surface area contributed by atoms with Gasteiger partial charge in [0.25, 0.3) is 5.69 Å². The molecule has 0 aromatic heterocycles. The summed E-state index contributed by atoms with van der Waals surface area (Å²) >= 11 is 3.24. The number of nitro groups is 1. The van der Waals surface area contributed by atoms with Gasteiger partial charge in [0.1, 0.15) is 0 Å². The zero-order valence-corrected chi connectivity index (χ0v) is 12.8. The highest BCUT2D eigenvalue weighted by molar-refractivity contribution is 9.10. The van der Waals surface area contributed by atoms with E-state index < -0.39 is 0 Å². The first kappa shape index (κ1) is 15.6. The third kappa shape index (κ3) is 4.35. The molecule has 0 aliphatic heterocycles. The van der Waals surface area contributed by atoms with E-state index in [4.69, 9.17) is 5.11 Å². The Balaban J connectivity index is 2.01. The zero-order valence-electron chi connectivity index (χ0n) is 11.3. The smallest absolute Gasteiger partial charge is 0.275 e. The Labute approximate surface area is 130 Å². The van der Waals surface area contributed by atoms with Gasteiger partial charge in [-0.05, 0) is 23.3 Å². The molecule has 0 fully saturated rings. The van der Waals surface area contributed by atoms with E-state index in [1.165, 1.54) is 6.07 Å². The maximum Gasteiger partial charge on any atom is 0.275 e. The lowest BCUT2D eigenvalue weighted by molar-refractivity contribution is -0.385. The van der Waals surface area contributed by atoms with Crippen molar-refractivity contribution >= 4 is 21.6 Å². The van der Waals surface area contributed by atoms with Gasteiger partial charge in [-0.2, -0.15) is 0 Å². The highest BCUT2D eigenvalue weighted by Gasteiger charge is 2.13. The van der Waals surface area contributed by atoms with Crippen LogP contribution in [0.25, 0.3) is 0 Å². The van der Waals surface area contributed by atoms with E-state index in [0.29, 0.717) is 23.1 Å². The quantitative estimate of drug-likeness (QED) is 0.619. The first-order chi connectivity index (χ1) is 10.1. The second-order valence-corrected chi connectivity index (χ2v) is 5.53. The number of hydrogen-bond donors (Lipinski definition) is 2. The Hall–Kier alpha value is -1.76. The second-order valence-electron chi connectivity index (χ2n) is 4.61. The third-order valence-corrected chi connectivity index (χ3v) is 3.56. The van der Waals surface area contributed by atoms with Crippen LogP contribution in [0.2, 0.25) is 0 Å². The van der Waals surface area contributed by atoms with Crippen LogP contribution in [0.3, 0.4) is 0 Å². The Morgan fingerprint density at radius 1 is 1.14 bits per heavy atom. The van der Waals surface area contributed by atoms with Gasteiger partial charge in [0, 0.05) is 29.2 Å². The summed E-state index contributed by atoms with van der Waals surface area (Å²) in [4.78, 5) is 10.6. The lowest BCUT2D eigenvalue weighted by Crippen LogP contribution is -2.14. The van der Waals surface area contributed by atoms with E-state index in [2.05, 4.69) is 21.2 Å². The molecule has 0 atom stereocenters. The summed E-state index contributed by atoms with van der Waals surface area (Å²) in [7, 11) is 0. The van der Waals surface area contributed by atoms with Crippen molar-refractivity contribution in [3.05, 3.63) is 73.7 Å². The van der Waals surface area contributed by atoms with Crippen molar-refractivity contribution in [1.29, 1.82) is 0 Å². The summed E-state index contributed by atoms with van der Waals surface area (Å²) in [5.74, 6) is 0. The molecule has 6 heteroatoms. The van der Waals surface area contributed by atoms with Crippen molar-refractivity contribution in [1.82, 2.24) is 5.32 Å². The number of nitro benzene ring substituents is 1. The predicted molar refractivity (Wildman–Crippen MR) is 83.7 cm³/mol. The molecule has 0 saturated heterocycles. The lowest BCUT2D eigenvalue weighted by Gasteiger charge is -2.07. The average Bonchev–Trinajstić information content (AvgIpc) is 2.48. The minimum atomic E-state index is -0.381. The van der Waals surface area contributed by atoms with Gasteiger partial charge < -0.3 is 10.4 Å². The molecule has 2 N–H and O–H groups in total. The summed E-state index contributed by atoms with van der Waals surface area (Å²) < 4.78 is 0.689. The fraction of sp³-hybridized carbons (Fsp3) is 0.200. The lowest BCUT2D eigenvalue weighted by atomic mass is 10.1. The molecule has 21 heavy (non-hydrogen) atoms. The van der Waals surface area contributed by atoms with Crippen LogP contribution in [0.4, 0.5) is 5.69 Å². The number of aliphatic hydroxyl groups is 1. The zero-order chi connectivity index (χ0) is 15.2. The fourth-order valence-corrected chi connectivity index (χ4v) is 2.38. The number of halogens is 1. The topological polar surface area (TPSA) is 75.4 Å². The molecular formula is C15H15BrN2O3. The van der Waals surface area contributed by atoms with E-state index in [1.807, 2.05) is 24.3 Å². The third-order valence-electron chi connectivity index (χ3n) is 3.06. The Kier molecular flexibility index (Phi) is 5.44. The molecule has 2 rings (SSSR count). The number of hydrogen-bond acceptors (Lipinski definition) is 4. The van der Waals surface area contributed by atoms with Crippen LogP contribution in [0.5, 0.6) is 0 Å². The van der Waals surface area contributed by atoms with Crippen LogP contribution < -0.4 is 5.32 Å². The summed E-state index contributed by atoms with van der Waals surface area (Å²) in [5, 5.41) is 23.3. The Bertz CT molecular complexity index is 647. The van der Waals surface area contributed by atoms with Gasteiger partial charge >= 0.3 is 0 Å². The number of nitrogens with one attached hydrogen (secondary N) is 1. The van der Waals surface area contributed by atoms with Crippen LogP contribution in [0.15, 0.2) is 46.9 Å². The van der Waals surface area contributed by atoms with Crippen LogP contribution in [0, 0.1) is 10.1 Å². The van der Waals surface area contributed by atoms with Crippen LogP contribution >= 0.6 is 15.9 Å². The highest BCUT2D eigenvalue weighted by atomic mass is 79.9. The molecule has 0 spiro atoms. The van der Waals surface area contributed by atoms with E-state index in [9.17, 15) is 10.1 Å². The normalized spacial score (nSPS) is 10.6. The van der Waals surface area contributed by atoms with Gasteiger partial charge in [-0.25, -0.2) is 0 Å². The number of benzene rings is 2. The van der Waals surface area contributed by atoms with E-state index in [0.717, 1.165) is 11.1 Å². The molecule has 0 amide bonds. The van der Waals surface area contributed by atoms with Crippen LogP contribution in [0.1, 0.15) is 16.7 Å².